The minimum atomic E-state index is -0.805. The van der Waals surface area contributed by atoms with E-state index >= 15 is 0 Å². The van der Waals surface area contributed by atoms with Gasteiger partial charge in [0, 0.05) is 16.6 Å². The molecule has 0 aliphatic carbocycles. The van der Waals surface area contributed by atoms with E-state index in [9.17, 15) is 19.8 Å². The van der Waals surface area contributed by atoms with Gasteiger partial charge < -0.3 is 15.1 Å². The van der Waals surface area contributed by atoms with E-state index < -0.39 is 23.8 Å². The summed E-state index contributed by atoms with van der Waals surface area (Å²) < 4.78 is 0.859. The zero-order chi connectivity index (χ0) is 19.7. The van der Waals surface area contributed by atoms with Gasteiger partial charge in [-0.05, 0) is 31.5 Å². The Hall–Kier alpha value is -2.44. The number of aliphatic hydroxyl groups excluding tert-OH is 2. The van der Waals surface area contributed by atoms with E-state index in [2.05, 4.69) is 15.9 Å². The molecule has 6 heteroatoms. The van der Waals surface area contributed by atoms with Crippen LogP contribution in [0.5, 0.6) is 0 Å². The number of β-amino-alcohol motifs (C(OH)–C–C–N with tert-alkyl or cyclic N) is 1. The molecule has 1 fully saturated rings. The zero-order valence-corrected chi connectivity index (χ0v) is 16.6. The van der Waals surface area contributed by atoms with Gasteiger partial charge in [0.2, 0.25) is 0 Å². The Labute approximate surface area is 166 Å². The summed E-state index contributed by atoms with van der Waals surface area (Å²) in [6.07, 6.45) is -0.805. The lowest BCUT2D eigenvalue weighted by Gasteiger charge is -2.26. The number of ketones is 1. The average molecular weight is 430 g/mol. The minimum absolute atomic E-state index is 0.00399. The number of hydrogen-bond donors (Lipinski definition) is 2. The highest BCUT2D eigenvalue weighted by Gasteiger charge is 2.46. The van der Waals surface area contributed by atoms with Crippen molar-refractivity contribution in [2.45, 2.75) is 26.0 Å². The Morgan fingerprint density at radius 1 is 1.11 bits per heavy atom. The number of Topliss-reactive ketones (excluding diaryl/α,β-unsaturated/α-hetero) is 1. The number of benzene rings is 2. The number of carbonyl (C=O) groups is 2. The Kier molecular flexibility index (Phi) is 5.48. The van der Waals surface area contributed by atoms with Gasteiger partial charge in [0.1, 0.15) is 5.76 Å². The van der Waals surface area contributed by atoms with Crippen molar-refractivity contribution in [1.82, 2.24) is 4.90 Å². The molecule has 1 aliphatic rings. The highest BCUT2D eigenvalue weighted by molar-refractivity contribution is 9.10. The predicted octanol–water partition coefficient (Wildman–Crippen LogP) is 3.56. The SMILES string of the molecule is Cc1ccc(/C(O)=C2\C(=O)C(=O)N(CC(C)O)C2c2ccc(Br)cc2)cc1. The predicted molar refractivity (Wildman–Crippen MR) is 106 cm³/mol. The van der Waals surface area contributed by atoms with Crippen LogP contribution in [0.2, 0.25) is 0 Å². The van der Waals surface area contributed by atoms with E-state index in [1.54, 1.807) is 31.2 Å². The molecule has 0 radical (unpaired) electrons. The molecule has 0 spiro atoms. The van der Waals surface area contributed by atoms with Crippen molar-refractivity contribution in [3.8, 4) is 0 Å². The van der Waals surface area contributed by atoms with E-state index in [1.807, 2.05) is 31.2 Å². The maximum absolute atomic E-state index is 12.7. The molecule has 2 unspecified atom stereocenters. The van der Waals surface area contributed by atoms with Gasteiger partial charge in [-0.15, -0.1) is 0 Å². The van der Waals surface area contributed by atoms with Crippen molar-refractivity contribution in [3.05, 3.63) is 75.3 Å². The number of rotatable bonds is 4. The van der Waals surface area contributed by atoms with Crippen LogP contribution in [0.25, 0.3) is 5.76 Å². The second kappa shape index (κ2) is 7.66. The molecule has 5 nitrogen and oxygen atoms in total. The quantitative estimate of drug-likeness (QED) is 0.442. The van der Waals surface area contributed by atoms with Gasteiger partial charge in [-0.1, -0.05) is 57.9 Å². The van der Waals surface area contributed by atoms with Crippen LogP contribution < -0.4 is 0 Å². The minimum Gasteiger partial charge on any atom is -0.507 e. The van der Waals surface area contributed by atoms with E-state index in [0.717, 1.165) is 10.0 Å². The number of hydrogen-bond acceptors (Lipinski definition) is 4. The number of nitrogens with zero attached hydrogens (tertiary/aromatic N) is 1. The lowest BCUT2D eigenvalue weighted by atomic mass is 9.95. The van der Waals surface area contributed by atoms with Crippen molar-refractivity contribution in [2.24, 2.45) is 0 Å². The van der Waals surface area contributed by atoms with Gasteiger partial charge in [-0.3, -0.25) is 9.59 Å². The Bertz CT molecular complexity index is 901. The summed E-state index contributed by atoms with van der Waals surface area (Å²) in [6.45, 7) is 3.47. The van der Waals surface area contributed by atoms with Crippen LogP contribution in [0, 0.1) is 6.92 Å². The maximum atomic E-state index is 12.7. The molecule has 2 atom stereocenters. The van der Waals surface area contributed by atoms with Crippen molar-refractivity contribution in [1.29, 1.82) is 0 Å². The summed E-state index contributed by atoms with van der Waals surface area (Å²) in [5.41, 5.74) is 2.21. The summed E-state index contributed by atoms with van der Waals surface area (Å²) in [5.74, 6) is -1.69. The Balaban J connectivity index is 2.17. The number of carbonyl (C=O) groups excluding carboxylic acids is 2. The number of aryl methyl sites for hydroxylation is 1. The molecule has 2 N–H and O–H groups in total. The molecule has 1 aliphatic heterocycles. The van der Waals surface area contributed by atoms with Crippen LogP contribution in [0.1, 0.15) is 29.7 Å². The smallest absolute Gasteiger partial charge is 0.295 e. The number of amides is 1. The van der Waals surface area contributed by atoms with Crippen LogP contribution in [0.3, 0.4) is 0 Å². The molecule has 3 rings (SSSR count). The summed E-state index contributed by atoms with van der Waals surface area (Å²) in [5, 5.41) is 20.7. The second-order valence-electron chi connectivity index (χ2n) is 6.72. The average Bonchev–Trinajstić information content (AvgIpc) is 2.87. The summed E-state index contributed by atoms with van der Waals surface area (Å²) in [4.78, 5) is 26.6. The second-order valence-corrected chi connectivity index (χ2v) is 7.63. The van der Waals surface area contributed by atoms with Crippen LogP contribution >= 0.6 is 15.9 Å². The molecule has 1 amide bonds. The standard InChI is InChI=1S/C21H20BrNO4/c1-12-3-5-15(6-4-12)19(25)17-18(14-7-9-16(22)10-8-14)23(11-13(2)24)21(27)20(17)26/h3-10,13,18,24-25H,11H2,1-2H3/b19-17+. The van der Waals surface area contributed by atoms with E-state index in [0.29, 0.717) is 11.1 Å². The molecular weight excluding hydrogens is 410 g/mol. The zero-order valence-electron chi connectivity index (χ0n) is 15.0. The summed E-state index contributed by atoms with van der Waals surface area (Å²) in [7, 11) is 0. The van der Waals surface area contributed by atoms with E-state index in [1.165, 1.54) is 4.90 Å². The molecule has 0 bridgehead atoms. The van der Waals surface area contributed by atoms with Crippen LogP contribution in [0.15, 0.2) is 58.6 Å². The summed E-state index contributed by atoms with van der Waals surface area (Å²) in [6, 6.07) is 13.5. The lowest BCUT2D eigenvalue weighted by molar-refractivity contribution is -0.140. The molecular formula is C21H20BrNO4. The van der Waals surface area contributed by atoms with Gasteiger partial charge in [0.15, 0.2) is 0 Å². The van der Waals surface area contributed by atoms with Crippen molar-refractivity contribution >= 4 is 33.4 Å². The van der Waals surface area contributed by atoms with Crippen molar-refractivity contribution in [3.63, 3.8) is 0 Å². The molecule has 2 aromatic rings. The van der Waals surface area contributed by atoms with Crippen LogP contribution in [-0.4, -0.2) is 39.5 Å². The first-order chi connectivity index (χ1) is 12.8. The largest absolute Gasteiger partial charge is 0.507 e. The topological polar surface area (TPSA) is 77.8 Å². The number of halogens is 1. The molecule has 1 heterocycles. The molecule has 0 saturated carbocycles. The van der Waals surface area contributed by atoms with Gasteiger partial charge >= 0.3 is 0 Å². The highest BCUT2D eigenvalue weighted by Crippen LogP contribution is 2.39. The first kappa shape index (κ1) is 19.3. The van der Waals surface area contributed by atoms with Gasteiger partial charge in [0.05, 0.1) is 17.7 Å². The summed E-state index contributed by atoms with van der Waals surface area (Å²) >= 11 is 3.37. The fraction of sp³-hybridized carbons (Fsp3) is 0.238. The molecule has 140 valence electrons. The normalized spacial score (nSPS) is 20.1. The number of aliphatic hydroxyl groups is 2. The monoisotopic (exact) mass is 429 g/mol. The van der Waals surface area contributed by atoms with Gasteiger partial charge in [-0.2, -0.15) is 0 Å². The molecule has 0 aromatic heterocycles. The Morgan fingerprint density at radius 3 is 2.26 bits per heavy atom. The Morgan fingerprint density at radius 2 is 1.70 bits per heavy atom. The third kappa shape index (κ3) is 3.82. The fourth-order valence-corrected chi connectivity index (χ4v) is 3.48. The third-order valence-electron chi connectivity index (χ3n) is 4.51. The lowest BCUT2D eigenvalue weighted by Crippen LogP contribution is -2.35. The van der Waals surface area contributed by atoms with E-state index in [-0.39, 0.29) is 17.9 Å². The highest BCUT2D eigenvalue weighted by atomic mass is 79.9. The first-order valence-electron chi connectivity index (χ1n) is 8.58. The maximum Gasteiger partial charge on any atom is 0.295 e. The molecule has 1 saturated heterocycles. The first-order valence-corrected chi connectivity index (χ1v) is 9.38. The molecule has 2 aromatic carbocycles. The van der Waals surface area contributed by atoms with Crippen LogP contribution in [0.4, 0.5) is 0 Å². The van der Waals surface area contributed by atoms with E-state index in [4.69, 9.17) is 0 Å². The van der Waals surface area contributed by atoms with Crippen molar-refractivity contribution in [2.75, 3.05) is 6.54 Å². The number of likely N-dealkylation sites (tertiary alicyclic amines) is 1. The third-order valence-corrected chi connectivity index (χ3v) is 5.04. The van der Waals surface area contributed by atoms with Crippen molar-refractivity contribution < 1.29 is 19.8 Å². The van der Waals surface area contributed by atoms with Gasteiger partial charge in [-0.25, -0.2) is 0 Å². The van der Waals surface area contributed by atoms with Gasteiger partial charge in [0.25, 0.3) is 11.7 Å². The molecule has 27 heavy (non-hydrogen) atoms. The fourth-order valence-electron chi connectivity index (χ4n) is 3.21. The van der Waals surface area contributed by atoms with Crippen LogP contribution in [-0.2, 0) is 9.59 Å².